The van der Waals surface area contributed by atoms with Crippen molar-refractivity contribution in [2.75, 3.05) is 0 Å². The third-order valence-corrected chi connectivity index (χ3v) is 13.8. The summed E-state index contributed by atoms with van der Waals surface area (Å²) in [5.74, 6) is 0. The van der Waals surface area contributed by atoms with Crippen molar-refractivity contribution in [1.82, 2.24) is 4.98 Å². The number of nitrogens with zero attached hydrogens (tertiary/aromatic N) is 2. The van der Waals surface area contributed by atoms with Crippen LogP contribution in [0.25, 0.3) is 11.3 Å². The monoisotopic (exact) mass is 375 g/mol. The van der Waals surface area contributed by atoms with Crippen LogP contribution in [0, 0.1) is 6.92 Å². The van der Waals surface area contributed by atoms with Crippen molar-refractivity contribution in [3.63, 3.8) is 0 Å². The first-order valence-corrected chi connectivity index (χ1v) is 15.3. The third-order valence-electron chi connectivity index (χ3n) is 6.21. The zero-order valence-corrected chi connectivity index (χ0v) is 18.6. The van der Waals surface area contributed by atoms with Gasteiger partial charge in [-0.15, -0.1) is 0 Å². The Kier molecular flexibility index (Phi) is 3.83. The van der Waals surface area contributed by atoms with E-state index in [1.807, 2.05) is 18.6 Å². The van der Waals surface area contributed by atoms with Crippen LogP contribution in [-0.4, -0.2) is 21.1 Å². The molecule has 0 spiro atoms. The lowest BCUT2D eigenvalue weighted by molar-refractivity contribution is -0.660. The first-order chi connectivity index (χ1) is 12.2. The van der Waals surface area contributed by atoms with Crippen molar-refractivity contribution in [2.24, 2.45) is 7.05 Å². The Morgan fingerprint density at radius 3 is 2.00 bits per heavy atom. The van der Waals surface area contributed by atoms with Gasteiger partial charge in [-0.3, -0.25) is 4.98 Å². The van der Waals surface area contributed by atoms with Crippen LogP contribution in [0.5, 0.6) is 0 Å². The lowest BCUT2D eigenvalue weighted by atomic mass is 10.1. The molecule has 0 fully saturated rings. The lowest BCUT2D eigenvalue weighted by Gasteiger charge is -2.42. The number of hydrogen-bond donors (Lipinski definition) is 0. The molecule has 132 valence electrons. The minimum atomic E-state index is -1.72. The summed E-state index contributed by atoms with van der Waals surface area (Å²) < 4.78 is 2.18. The highest BCUT2D eigenvalue weighted by Crippen LogP contribution is 2.22. The second-order valence-electron chi connectivity index (χ2n) is 8.58. The summed E-state index contributed by atoms with van der Waals surface area (Å²) in [6.07, 6.45) is 5.87. The number of hydrogen-bond acceptors (Lipinski definition) is 1. The molecule has 0 aliphatic carbocycles. The van der Waals surface area contributed by atoms with Crippen molar-refractivity contribution < 1.29 is 4.57 Å². The Hall–Kier alpha value is -2.05. The van der Waals surface area contributed by atoms with Gasteiger partial charge in [-0.2, -0.15) is 4.57 Å². The van der Waals surface area contributed by atoms with Crippen LogP contribution in [0.2, 0.25) is 26.2 Å². The minimum Gasteiger partial charge on any atom is -0.252 e. The largest absolute Gasteiger partial charge is 0.252 e. The highest BCUT2D eigenvalue weighted by molar-refractivity contribution is 7.16. The van der Waals surface area contributed by atoms with E-state index in [1.54, 1.807) is 20.7 Å². The van der Waals surface area contributed by atoms with E-state index in [0.29, 0.717) is 0 Å². The molecule has 0 bridgehead atoms. The first-order valence-electron chi connectivity index (χ1n) is 9.30. The molecule has 0 saturated carbocycles. The molecule has 2 heterocycles. The predicted octanol–water partition coefficient (Wildman–Crippen LogP) is 1.84. The molecule has 2 nitrogen and oxygen atoms in total. The number of fused-ring (bicyclic) bond motifs is 2. The summed E-state index contributed by atoms with van der Waals surface area (Å²) in [6, 6.07) is 14.2. The van der Waals surface area contributed by atoms with E-state index in [2.05, 4.69) is 86.1 Å². The second-order valence-corrected chi connectivity index (χ2v) is 17.2. The molecule has 2 aromatic carbocycles. The molecule has 0 atom stereocenters. The van der Waals surface area contributed by atoms with Crippen LogP contribution < -0.4 is 25.3 Å². The fourth-order valence-electron chi connectivity index (χ4n) is 4.56. The lowest BCUT2D eigenvalue weighted by Crippen LogP contribution is -2.77. The Labute approximate surface area is 158 Å². The summed E-state index contributed by atoms with van der Waals surface area (Å²) in [5, 5.41) is 6.54. The summed E-state index contributed by atoms with van der Waals surface area (Å²) in [7, 11) is -1.29. The zero-order valence-electron chi connectivity index (χ0n) is 16.6. The molecule has 26 heavy (non-hydrogen) atoms. The minimum absolute atomic E-state index is 1.19. The molecule has 1 aromatic heterocycles. The Morgan fingerprint density at radius 2 is 1.42 bits per heavy atom. The van der Waals surface area contributed by atoms with E-state index in [-0.39, 0.29) is 0 Å². The summed E-state index contributed by atoms with van der Waals surface area (Å²) in [6.45, 7) is 12.3. The maximum absolute atomic E-state index is 4.38. The van der Waals surface area contributed by atoms with Gasteiger partial charge in [0.05, 0.1) is 18.0 Å². The average Bonchev–Trinajstić information content (AvgIpc) is 2.61. The van der Waals surface area contributed by atoms with E-state index in [0.717, 1.165) is 0 Å². The summed E-state index contributed by atoms with van der Waals surface area (Å²) >= 11 is 0. The van der Waals surface area contributed by atoms with Crippen molar-refractivity contribution in [1.29, 1.82) is 0 Å². The number of aromatic nitrogens is 2. The van der Waals surface area contributed by atoms with Crippen LogP contribution >= 0.6 is 0 Å². The van der Waals surface area contributed by atoms with Gasteiger partial charge in [-0.25, -0.2) is 0 Å². The van der Waals surface area contributed by atoms with Crippen molar-refractivity contribution in [2.45, 2.75) is 33.1 Å². The van der Waals surface area contributed by atoms with Crippen LogP contribution in [-0.2, 0) is 7.05 Å². The second kappa shape index (κ2) is 5.73. The molecule has 0 amide bonds. The van der Waals surface area contributed by atoms with Crippen molar-refractivity contribution >= 4 is 36.9 Å². The van der Waals surface area contributed by atoms with Crippen LogP contribution in [0.4, 0.5) is 0 Å². The van der Waals surface area contributed by atoms with Gasteiger partial charge in [-0.05, 0) is 18.6 Å². The van der Waals surface area contributed by atoms with Gasteiger partial charge < -0.3 is 0 Å². The van der Waals surface area contributed by atoms with Crippen LogP contribution in [0.15, 0.2) is 55.0 Å². The normalized spacial score (nSPS) is 16.7. The average molecular weight is 376 g/mol. The van der Waals surface area contributed by atoms with E-state index in [1.165, 1.54) is 16.8 Å². The van der Waals surface area contributed by atoms with Gasteiger partial charge in [-0.1, -0.05) is 77.3 Å². The quantitative estimate of drug-likeness (QED) is 0.468. The smallest absolute Gasteiger partial charge is 0.231 e. The third kappa shape index (κ3) is 2.36. The zero-order chi connectivity index (χ0) is 18.7. The molecule has 1 aliphatic heterocycles. The molecular weight excluding hydrogens is 348 g/mol. The fraction of sp³-hybridized carbons (Fsp3) is 0.273. The van der Waals surface area contributed by atoms with Gasteiger partial charge in [0.15, 0.2) is 6.20 Å². The molecule has 1 aliphatic rings. The molecule has 0 radical (unpaired) electrons. The van der Waals surface area contributed by atoms with Gasteiger partial charge >= 0.3 is 0 Å². The molecule has 3 aromatic rings. The molecule has 4 heteroatoms. The van der Waals surface area contributed by atoms with Crippen molar-refractivity contribution in [3.05, 3.63) is 60.6 Å². The predicted molar refractivity (Wildman–Crippen MR) is 116 cm³/mol. The van der Waals surface area contributed by atoms with Crippen LogP contribution in [0.1, 0.15) is 5.56 Å². The highest BCUT2D eigenvalue weighted by atomic mass is 28.3. The number of benzene rings is 2. The van der Waals surface area contributed by atoms with Gasteiger partial charge in [0.2, 0.25) is 5.69 Å². The fourth-order valence-corrected chi connectivity index (χ4v) is 14.0. The van der Waals surface area contributed by atoms with Crippen LogP contribution in [0.3, 0.4) is 0 Å². The summed E-state index contributed by atoms with van der Waals surface area (Å²) in [4.78, 5) is 4.38. The highest BCUT2D eigenvalue weighted by Gasteiger charge is 2.44. The van der Waals surface area contributed by atoms with E-state index in [4.69, 9.17) is 0 Å². The van der Waals surface area contributed by atoms with Gasteiger partial charge in [0, 0.05) is 0 Å². The van der Waals surface area contributed by atoms with Crippen molar-refractivity contribution in [3.8, 4) is 11.3 Å². The Morgan fingerprint density at radius 1 is 0.846 bits per heavy atom. The maximum Gasteiger partial charge on any atom is 0.231 e. The summed E-state index contributed by atoms with van der Waals surface area (Å²) in [5.41, 5.74) is 3.87. The maximum atomic E-state index is 4.38. The standard InChI is InChI=1S/C22H27N2Si2/c1-16-13-21-22(14-17(16)18-15-23-11-12-24(18)2)26(5,6)20-10-8-7-9-19(20)25(21,3)4/h7-15H,1-6H3/q+1. The SMILES string of the molecule is Cc1cc2c(cc1-c1cncc[n+]1C)[Si](C)(C)c1ccccc1[Si]2(C)C. The first kappa shape index (κ1) is 17.4. The van der Waals surface area contributed by atoms with E-state index in [9.17, 15) is 0 Å². The van der Waals surface area contributed by atoms with Gasteiger partial charge in [0.1, 0.15) is 23.2 Å². The number of rotatable bonds is 1. The van der Waals surface area contributed by atoms with Gasteiger partial charge in [0.25, 0.3) is 0 Å². The van der Waals surface area contributed by atoms with E-state index < -0.39 is 16.1 Å². The molecule has 0 saturated heterocycles. The number of aryl methyl sites for hydroxylation is 2. The molecular formula is C22H27N2Si2+. The van der Waals surface area contributed by atoms with E-state index >= 15 is 0 Å². The topological polar surface area (TPSA) is 16.8 Å². The Balaban J connectivity index is 2.04. The Bertz CT molecular complexity index is 1020. The molecule has 0 unspecified atom stereocenters. The molecule has 0 N–H and O–H groups in total. The molecule has 4 rings (SSSR count).